The SMILES string of the molecule is Cc1ccc(C(=O)NCC(=O)NC(C(=O)O)c2cccc(C)c2C)cc1C. The van der Waals surface area contributed by atoms with Gasteiger partial charge in [0.25, 0.3) is 5.91 Å². The summed E-state index contributed by atoms with van der Waals surface area (Å²) in [5, 5.41) is 14.5. The van der Waals surface area contributed by atoms with Crippen molar-refractivity contribution in [2.75, 3.05) is 6.54 Å². The number of aryl methyl sites for hydroxylation is 3. The first-order chi connectivity index (χ1) is 12.7. The van der Waals surface area contributed by atoms with Gasteiger partial charge < -0.3 is 15.7 Å². The molecule has 6 heteroatoms. The van der Waals surface area contributed by atoms with Gasteiger partial charge in [-0.25, -0.2) is 4.79 Å². The summed E-state index contributed by atoms with van der Waals surface area (Å²) in [7, 11) is 0. The molecular formula is C21H24N2O4. The molecule has 1 atom stereocenters. The second kappa shape index (κ2) is 8.49. The van der Waals surface area contributed by atoms with Crippen LogP contribution in [0.15, 0.2) is 36.4 Å². The molecule has 0 aliphatic carbocycles. The molecule has 2 amide bonds. The molecule has 0 radical (unpaired) electrons. The molecule has 0 saturated carbocycles. The quantitative estimate of drug-likeness (QED) is 0.730. The zero-order valence-corrected chi connectivity index (χ0v) is 15.9. The van der Waals surface area contributed by atoms with Gasteiger partial charge in [0.2, 0.25) is 5.91 Å². The lowest BCUT2D eigenvalue weighted by Crippen LogP contribution is -2.41. The number of nitrogens with one attached hydrogen (secondary N) is 2. The Balaban J connectivity index is 2.04. The minimum atomic E-state index is -1.17. The van der Waals surface area contributed by atoms with Crippen LogP contribution in [-0.2, 0) is 9.59 Å². The van der Waals surface area contributed by atoms with Crippen molar-refractivity contribution < 1.29 is 19.5 Å². The molecule has 0 bridgehead atoms. The maximum Gasteiger partial charge on any atom is 0.330 e. The van der Waals surface area contributed by atoms with E-state index in [9.17, 15) is 19.5 Å². The highest BCUT2D eigenvalue weighted by Crippen LogP contribution is 2.20. The topological polar surface area (TPSA) is 95.5 Å². The molecule has 0 aliphatic rings. The summed E-state index contributed by atoms with van der Waals surface area (Å²) in [5.74, 6) is -2.11. The summed E-state index contributed by atoms with van der Waals surface area (Å²) in [6.07, 6.45) is 0. The van der Waals surface area contributed by atoms with Gasteiger partial charge in [-0.15, -0.1) is 0 Å². The Morgan fingerprint density at radius 1 is 0.963 bits per heavy atom. The number of hydrogen-bond acceptors (Lipinski definition) is 3. The maximum atomic E-state index is 12.2. The first kappa shape index (κ1) is 20.2. The van der Waals surface area contributed by atoms with E-state index < -0.39 is 17.9 Å². The average molecular weight is 368 g/mol. The number of amides is 2. The van der Waals surface area contributed by atoms with Crippen molar-refractivity contribution in [3.8, 4) is 0 Å². The molecule has 0 heterocycles. The van der Waals surface area contributed by atoms with Gasteiger partial charge in [-0.3, -0.25) is 9.59 Å². The van der Waals surface area contributed by atoms with Gasteiger partial charge in [0.15, 0.2) is 6.04 Å². The van der Waals surface area contributed by atoms with E-state index in [1.165, 1.54) is 0 Å². The molecule has 0 spiro atoms. The highest BCUT2D eigenvalue weighted by Gasteiger charge is 2.24. The first-order valence-electron chi connectivity index (χ1n) is 8.64. The second-order valence-corrected chi connectivity index (χ2v) is 6.61. The minimum absolute atomic E-state index is 0.305. The molecule has 2 rings (SSSR count). The zero-order chi connectivity index (χ0) is 20.1. The summed E-state index contributed by atoms with van der Waals surface area (Å²) in [4.78, 5) is 36.0. The molecule has 2 aromatic carbocycles. The fourth-order valence-electron chi connectivity index (χ4n) is 2.72. The van der Waals surface area contributed by atoms with E-state index in [0.29, 0.717) is 11.1 Å². The van der Waals surface area contributed by atoms with Crippen molar-refractivity contribution in [3.63, 3.8) is 0 Å². The lowest BCUT2D eigenvalue weighted by molar-refractivity contribution is -0.141. The summed E-state index contributed by atoms with van der Waals surface area (Å²) in [6.45, 7) is 7.24. The van der Waals surface area contributed by atoms with E-state index in [4.69, 9.17) is 0 Å². The number of carboxylic acids is 1. The van der Waals surface area contributed by atoms with Crippen molar-refractivity contribution in [2.45, 2.75) is 33.7 Å². The standard InChI is InChI=1S/C21H24N2O4/c1-12-8-9-16(10-14(12)3)20(25)22-11-18(24)23-19(21(26)27)17-7-5-6-13(2)15(17)4/h5-10,19H,11H2,1-4H3,(H,22,25)(H,23,24)(H,26,27). The summed E-state index contributed by atoms with van der Waals surface area (Å²) in [5.41, 5.74) is 4.78. The van der Waals surface area contributed by atoms with Crippen LogP contribution in [0.4, 0.5) is 0 Å². The molecule has 0 aliphatic heterocycles. The Bertz CT molecular complexity index is 890. The van der Waals surface area contributed by atoms with Gasteiger partial charge in [-0.2, -0.15) is 0 Å². The number of carbonyl (C=O) groups is 3. The monoisotopic (exact) mass is 368 g/mol. The Hall–Kier alpha value is -3.15. The van der Waals surface area contributed by atoms with Crippen LogP contribution >= 0.6 is 0 Å². The molecular weight excluding hydrogens is 344 g/mol. The van der Waals surface area contributed by atoms with E-state index in [1.807, 2.05) is 39.8 Å². The highest BCUT2D eigenvalue weighted by molar-refractivity contribution is 5.97. The van der Waals surface area contributed by atoms with E-state index in [2.05, 4.69) is 10.6 Å². The van der Waals surface area contributed by atoms with Crippen molar-refractivity contribution >= 4 is 17.8 Å². The van der Waals surface area contributed by atoms with E-state index in [0.717, 1.165) is 22.3 Å². The molecule has 6 nitrogen and oxygen atoms in total. The number of carbonyl (C=O) groups excluding carboxylic acids is 2. The van der Waals surface area contributed by atoms with Gasteiger partial charge in [-0.1, -0.05) is 24.3 Å². The number of carboxylic acid groups (broad SMARTS) is 1. The normalized spacial score (nSPS) is 11.6. The van der Waals surface area contributed by atoms with Crippen LogP contribution in [0.5, 0.6) is 0 Å². The van der Waals surface area contributed by atoms with Gasteiger partial charge >= 0.3 is 5.97 Å². The van der Waals surface area contributed by atoms with Crippen LogP contribution in [0.3, 0.4) is 0 Å². The first-order valence-corrected chi connectivity index (χ1v) is 8.64. The number of benzene rings is 2. The Kier molecular flexibility index (Phi) is 6.34. The maximum absolute atomic E-state index is 12.2. The summed E-state index contributed by atoms with van der Waals surface area (Å²) >= 11 is 0. The fourth-order valence-corrected chi connectivity index (χ4v) is 2.72. The molecule has 3 N–H and O–H groups in total. The molecule has 142 valence electrons. The van der Waals surface area contributed by atoms with Gasteiger partial charge in [0, 0.05) is 5.56 Å². The summed E-state index contributed by atoms with van der Waals surface area (Å²) < 4.78 is 0. The lowest BCUT2D eigenvalue weighted by atomic mass is 9.97. The van der Waals surface area contributed by atoms with Crippen LogP contribution < -0.4 is 10.6 Å². The van der Waals surface area contributed by atoms with Crippen LogP contribution in [-0.4, -0.2) is 29.4 Å². The predicted molar refractivity (Wildman–Crippen MR) is 103 cm³/mol. The average Bonchev–Trinajstić information content (AvgIpc) is 2.62. The van der Waals surface area contributed by atoms with Gasteiger partial charge in [-0.05, 0) is 67.6 Å². The largest absolute Gasteiger partial charge is 0.479 e. The van der Waals surface area contributed by atoms with E-state index in [-0.39, 0.29) is 12.5 Å². The van der Waals surface area contributed by atoms with Crippen LogP contribution in [0, 0.1) is 27.7 Å². The highest BCUT2D eigenvalue weighted by atomic mass is 16.4. The van der Waals surface area contributed by atoms with Crippen LogP contribution in [0.25, 0.3) is 0 Å². The summed E-state index contributed by atoms with van der Waals surface area (Å²) in [6, 6.07) is 9.41. The minimum Gasteiger partial charge on any atom is -0.479 e. The Morgan fingerprint density at radius 3 is 2.30 bits per heavy atom. The van der Waals surface area contributed by atoms with Crippen molar-refractivity contribution in [1.29, 1.82) is 0 Å². The second-order valence-electron chi connectivity index (χ2n) is 6.61. The van der Waals surface area contributed by atoms with Crippen molar-refractivity contribution in [1.82, 2.24) is 10.6 Å². The van der Waals surface area contributed by atoms with Crippen LogP contribution in [0.2, 0.25) is 0 Å². The van der Waals surface area contributed by atoms with Crippen molar-refractivity contribution in [3.05, 3.63) is 69.8 Å². The van der Waals surface area contributed by atoms with E-state index in [1.54, 1.807) is 24.3 Å². The number of hydrogen-bond donors (Lipinski definition) is 3. The number of rotatable bonds is 6. The fraction of sp³-hybridized carbons (Fsp3) is 0.286. The van der Waals surface area contributed by atoms with Gasteiger partial charge in [0.1, 0.15) is 0 Å². The molecule has 0 saturated heterocycles. The lowest BCUT2D eigenvalue weighted by Gasteiger charge is -2.18. The third-order valence-corrected chi connectivity index (χ3v) is 4.69. The molecule has 0 aromatic heterocycles. The molecule has 27 heavy (non-hydrogen) atoms. The molecule has 2 aromatic rings. The van der Waals surface area contributed by atoms with Crippen molar-refractivity contribution in [2.24, 2.45) is 0 Å². The smallest absolute Gasteiger partial charge is 0.330 e. The Morgan fingerprint density at radius 2 is 1.67 bits per heavy atom. The molecule has 1 unspecified atom stereocenters. The third kappa shape index (κ3) is 4.94. The van der Waals surface area contributed by atoms with Gasteiger partial charge in [0.05, 0.1) is 6.54 Å². The zero-order valence-electron chi connectivity index (χ0n) is 15.9. The van der Waals surface area contributed by atoms with Crippen LogP contribution in [0.1, 0.15) is 44.2 Å². The molecule has 0 fully saturated rings. The van der Waals surface area contributed by atoms with E-state index >= 15 is 0 Å². The third-order valence-electron chi connectivity index (χ3n) is 4.69. The predicted octanol–water partition coefficient (Wildman–Crippen LogP) is 2.59. The Labute approximate surface area is 158 Å². The number of aliphatic carboxylic acids is 1.